The third-order valence-electron chi connectivity index (χ3n) is 2.39. The summed E-state index contributed by atoms with van der Waals surface area (Å²) in [5.41, 5.74) is 2.02. The summed E-state index contributed by atoms with van der Waals surface area (Å²) in [6.07, 6.45) is 0.972. The molecular weight excluding hydrogens is 240 g/mol. The highest BCUT2D eigenvalue weighted by Crippen LogP contribution is 2.18. The molecule has 0 aliphatic rings. The fourth-order valence-electron chi connectivity index (χ4n) is 1.39. The Hall–Kier alpha value is -1.68. The Balaban J connectivity index is 2.27. The molecular formula is C12H11ClN2O2. The van der Waals surface area contributed by atoms with Crippen LogP contribution in [0.3, 0.4) is 0 Å². The number of Topliss-reactive ketones (excluding diaryl/α,β-unsaturated/α-hetero) is 1. The number of halogens is 1. The second-order valence-corrected chi connectivity index (χ2v) is 3.79. The molecule has 1 aromatic heterocycles. The van der Waals surface area contributed by atoms with Crippen molar-refractivity contribution in [2.24, 2.45) is 0 Å². The van der Waals surface area contributed by atoms with Gasteiger partial charge in [0.25, 0.3) is 5.89 Å². The monoisotopic (exact) mass is 250 g/mol. The summed E-state index contributed by atoms with van der Waals surface area (Å²) in [5, 5.41) is 7.47. The van der Waals surface area contributed by atoms with Gasteiger partial charge in [-0.2, -0.15) is 0 Å². The maximum atomic E-state index is 11.2. The van der Waals surface area contributed by atoms with Gasteiger partial charge in [0.2, 0.25) is 11.7 Å². The molecule has 0 fully saturated rings. The average molecular weight is 251 g/mol. The predicted octanol–water partition coefficient (Wildman–Crippen LogP) is 2.72. The Morgan fingerprint density at radius 3 is 2.59 bits per heavy atom. The van der Waals surface area contributed by atoms with E-state index in [9.17, 15) is 4.79 Å². The average Bonchev–Trinajstić information content (AvgIpc) is 2.87. The molecule has 0 saturated carbocycles. The summed E-state index contributed by atoms with van der Waals surface area (Å²) in [5.74, 6) is -0.234. The third kappa shape index (κ3) is 2.53. The topological polar surface area (TPSA) is 56.0 Å². The molecule has 0 N–H and O–H groups in total. The number of carbonyl (C=O) groups excluding carboxylic acids is 1. The SMILES string of the molecule is CCc1ccc(-c2nnc(C(=O)CCl)o2)cc1. The molecule has 0 saturated heterocycles. The van der Waals surface area contributed by atoms with Gasteiger partial charge in [0.15, 0.2) is 0 Å². The number of carbonyl (C=O) groups is 1. The molecule has 0 spiro atoms. The minimum Gasteiger partial charge on any atom is -0.414 e. The van der Waals surface area contributed by atoms with E-state index in [-0.39, 0.29) is 17.6 Å². The Morgan fingerprint density at radius 2 is 2.00 bits per heavy atom. The van der Waals surface area contributed by atoms with Crippen LogP contribution in [0.2, 0.25) is 0 Å². The molecule has 0 amide bonds. The molecule has 0 unspecified atom stereocenters. The Labute approximate surface area is 104 Å². The van der Waals surface area contributed by atoms with Crippen LogP contribution >= 0.6 is 11.6 Å². The number of ketones is 1. The number of aryl methyl sites for hydroxylation is 1. The molecule has 0 aliphatic heterocycles. The first-order valence-electron chi connectivity index (χ1n) is 5.26. The van der Waals surface area contributed by atoms with Crippen LogP contribution in [0.1, 0.15) is 23.2 Å². The van der Waals surface area contributed by atoms with Gasteiger partial charge in [0.1, 0.15) is 0 Å². The van der Waals surface area contributed by atoms with Gasteiger partial charge < -0.3 is 4.42 Å². The van der Waals surface area contributed by atoms with Crippen molar-refractivity contribution in [2.45, 2.75) is 13.3 Å². The van der Waals surface area contributed by atoms with E-state index in [0.29, 0.717) is 5.89 Å². The standard InChI is InChI=1S/C12H11ClN2O2/c1-2-8-3-5-9(6-4-8)11-14-15-12(17-11)10(16)7-13/h3-6H,2,7H2,1H3. The molecule has 0 bridgehead atoms. The van der Waals surface area contributed by atoms with Crippen LogP contribution in [-0.4, -0.2) is 21.9 Å². The Bertz CT molecular complexity index is 520. The lowest BCUT2D eigenvalue weighted by Gasteiger charge is -1.97. The maximum Gasteiger partial charge on any atom is 0.285 e. The minimum absolute atomic E-state index is 0.0467. The van der Waals surface area contributed by atoms with E-state index in [1.54, 1.807) is 0 Å². The summed E-state index contributed by atoms with van der Waals surface area (Å²) in [6, 6.07) is 7.76. The van der Waals surface area contributed by atoms with Gasteiger partial charge in [0, 0.05) is 5.56 Å². The molecule has 17 heavy (non-hydrogen) atoms. The lowest BCUT2D eigenvalue weighted by Crippen LogP contribution is -1.99. The quantitative estimate of drug-likeness (QED) is 0.618. The van der Waals surface area contributed by atoms with E-state index in [0.717, 1.165) is 12.0 Å². The van der Waals surface area contributed by atoms with Gasteiger partial charge in [0.05, 0.1) is 5.88 Å². The lowest BCUT2D eigenvalue weighted by atomic mass is 10.1. The fraction of sp³-hybridized carbons (Fsp3) is 0.250. The highest BCUT2D eigenvalue weighted by atomic mass is 35.5. The van der Waals surface area contributed by atoms with Gasteiger partial charge >= 0.3 is 0 Å². The highest BCUT2D eigenvalue weighted by Gasteiger charge is 2.14. The summed E-state index contributed by atoms with van der Waals surface area (Å²) in [4.78, 5) is 11.2. The normalized spacial score (nSPS) is 10.5. The van der Waals surface area contributed by atoms with Crippen molar-refractivity contribution in [3.05, 3.63) is 35.7 Å². The van der Waals surface area contributed by atoms with Crippen molar-refractivity contribution in [1.29, 1.82) is 0 Å². The van der Waals surface area contributed by atoms with Crippen molar-refractivity contribution < 1.29 is 9.21 Å². The van der Waals surface area contributed by atoms with Crippen molar-refractivity contribution in [2.75, 3.05) is 5.88 Å². The van der Waals surface area contributed by atoms with Gasteiger partial charge in [-0.25, -0.2) is 0 Å². The number of hydrogen-bond acceptors (Lipinski definition) is 4. The molecule has 2 aromatic rings. The first kappa shape index (κ1) is 11.8. The van der Waals surface area contributed by atoms with Crippen LogP contribution in [0, 0.1) is 0 Å². The molecule has 0 aliphatic carbocycles. The summed E-state index contributed by atoms with van der Waals surface area (Å²) in [7, 11) is 0. The van der Waals surface area contributed by atoms with E-state index < -0.39 is 0 Å². The number of rotatable bonds is 4. The largest absolute Gasteiger partial charge is 0.414 e. The highest BCUT2D eigenvalue weighted by molar-refractivity contribution is 6.29. The minimum atomic E-state index is -0.365. The zero-order valence-electron chi connectivity index (χ0n) is 9.31. The van der Waals surface area contributed by atoms with Crippen molar-refractivity contribution >= 4 is 17.4 Å². The zero-order valence-corrected chi connectivity index (χ0v) is 10.1. The summed E-state index contributed by atoms with van der Waals surface area (Å²) < 4.78 is 5.24. The second kappa shape index (κ2) is 5.10. The first-order valence-corrected chi connectivity index (χ1v) is 5.80. The van der Waals surface area contributed by atoms with Crippen LogP contribution in [0.4, 0.5) is 0 Å². The van der Waals surface area contributed by atoms with Gasteiger partial charge in [-0.1, -0.05) is 19.1 Å². The molecule has 0 atom stereocenters. The molecule has 5 heteroatoms. The van der Waals surface area contributed by atoms with Crippen LogP contribution < -0.4 is 0 Å². The van der Waals surface area contributed by atoms with Gasteiger partial charge in [-0.15, -0.1) is 21.8 Å². The van der Waals surface area contributed by atoms with E-state index in [2.05, 4.69) is 17.1 Å². The van der Waals surface area contributed by atoms with Crippen LogP contribution in [0.15, 0.2) is 28.7 Å². The van der Waals surface area contributed by atoms with Crippen molar-refractivity contribution in [1.82, 2.24) is 10.2 Å². The number of nitrogens with zero attached hydrogens (tertiary/aromatic N) is 2. The Kier molecular flexibility index (Phi) is 3.54. The molecule has 2 rings (SSSR count). The van der Waals surface area contributed by atoms with Crippen LogP contribution in [0.5, 0.6) is 0 Å². The van der Waals surface area contributed by atoms with Crippen molar-refractivity contribution in [3.8, 4) is 11.5 Å². The van der Waals surface area contributed by atoms with Gasteiger partial charge in [-0.3, -0.25) is 4.79 Å². The summed E-state index contributed by atoms with van der Waals surface area (Å²) in [6.45, 7) is 2.08. The zero-order chi connectivity index (χ0) is 12.3. The first-order chi connectivity index (χ1) is 8.24. The molecule has 0 radical (unpaired) electrons. The fourth-order valence-corrected chi connectivity index (χ4v) is 1.51. The number of alkyl halides is 1. The summed E-state index contributed by atoms with van der Waals surface area (Å²) >= 11 is 5.40. The van der Waals surface area contributed by atoms with E-state index >= 15 is 0 Å². The van der Waals surface area contributed by atoms with Gasteiger partial charge in [-0.05, 0) is 24.1 Å². The van der Waals surface area contributed by atoms with E-state index in [1.807, 2.05) is 24.3 Å². The van der Waals surface area contributed by atoms with E-state index in [1.165, 1.54) is 5.56 Å². The molecule has 1 heterocycles. The third-order valence-corrected chi connectivity index (χ3v) is 2.64. The van der Waals surface area contributed by atoms with Crippen LogP contribution in [-0.2, 0) is 6.42 Å². The second-order valence-electron chi connectivity index (χ2n) is 3.52. The van der Waals surface area contributed by atoms with Crippen molar-refractivity contribution in [3.63, 3.8) is 0 Å². The lowest BCUT2D eigenvalue weighted by molar-refractivity contribution is 0.0985. The van der Waals surface area contributed by atoms with Crippen LogP contribution in [0.25, 0.3) is 11.5 Å². The molecule has 4 nitrogen and oxygen atoms in total. The smallest absolute Gasteiger partial charge is 0.285 e. The number of aromatic nitrogens is 2. The molecule has 1 aromatic carbocycles. The predicted molar refractivity (Wildman–Crippen MR) is 64.2 cm³/mol. The number of benzene rings is 1. The van der Waals surface area contributed by atoms with E-state index in [4.69, 9.17) is 16.0 Å². The number of hydrogen-bond donors (Lipinski definition) is 0. The Morgan fingerprint density at radius 1 is 1.29 bits per heavy atom. The molecule has 88 valence electrons. The maximum absolute atomic E-state index is 11.2.